The number of likely N-dealkylation sites (N-methyl/N-ethyl adjacent to an activating group) is 1. The molecular formula is C15H25NO. The summed E-state index contributed by atoms with van der Waals surface area (Å²) in [6.45, 7) is 9.49. The summed E-state index contributed by atoms with van der Waals surface area (Å²) in [6.07, 6.45) is 1.19. The average molecular weight is 235 g/mol. The minimum Gasteiger partial charge on any atom is -0.492 e. The molecule has 0 aromatic heterocycles. The fourth-order valence-corrected chi connectivity index (χ4v) is 1.76. The van der Waals surface area contributed by atoms with Gasteiger partial charge in [-0.1, -0.05) is 32.9 Å². The minimum absolute atomic E-state index is 0.583. The Morgan fingerprint density at radius 2 is 1.76 bits per heavy atom. The van der Waals surface area contributed by atoms with Crippen molar-refractivity contribution in [3.63, 3.8) is 0 Å². The van der Waals surface area contributed by atoms with Crippen molar-refractivity contribution < 1.29 is 4.74 Å². The summed E-state index contributed by atoms with van der Waals surface area (Å²) in [5.74, 6) is 1.55. The lowest BCUT2D eigenvalue weighted by Gasteiger charge is -2.16. The van der Waals surface area contributed by atoms with E-state index < -0.39 is 0 Å². The Labute approximate surface area is 106 Å². The molecule has 0 atom stereocenters. The van der Waals surface area contributed by atoms with Crippen molar-refractivity contribution in [2.45, 2.75) is 33.1 Å². The number of ether oxygens (including phenoxy) is 1. The maximum atomic E-state index is 5.72. The molecule has 0 amide bonds. The molecule has 0 aliphatic carbocycles. The van der Waals surface area contributed by atoms with Gasteiger partial charge in [-0.25, -0.2) is 0 Å². The van der Waals surface area contributed by atoms with Crippen LogP contribution in [-0.2, 0) is 0 Å². The Morgan fingerprint density at radius 3 is 2.29 bits per heavy atom. The van der Waals surface area contributed by atoms with Crippen LogP contribution < -0.4 is 4.74 Å². The lowest BCUT2D eigenvalue weighted by atomic mass is 10.0. The van der Waals surface area contributed by atoms with Crippen LogP contribution >= 0.6 is 0 Å². The molecule has 1 rings (SSSR count). The van der Waals surface area contributed by atoms with E-state index >= 15 is 0 Å². The summed E-state index contributed by atoms with van der Waals surface area (Å²) in [6, 6.07) is 8.43. The van der Waals surface area contributed by atoms with Crippen molar-refractivity contribution in [2.75, 3.05) is 26.7 Å². The molecule has 0 heterocycles. The molecule has 0 saturated carbocycles. The van der Waals surface area contributed by atoms with Gasteiger partial charge in [-0.3, -0.25) is 0 Å². The number of rotatable bonds is 7. The second kappa shape index (κ2) is 7.33. The van der Waals surface area contributed by atoms with Crippen molar-refractivity contribution in [1.29, 1.82) is 0 Å². The monoisotopic (exact) mass is 235 g/mol. The first-order valence-corrected chi connectivity index (χ1v) is 6.54. The number of nitrogens with zero attached hydrogens (tertiary/aromatic N) is 1. The molecule has 1 aromatic rings. The van der Waals surface area contributed by atoms with Gasteiger partial charge in [0.25, 0.3) is 0 Å². The van der Waals surface area contributed by atoms with Gasteiger partial charge in [0.1, 0.15) is 12.4 Å². The molecule has 1 aromatic carbocycles. The Bertz CT molecular complexity index is 305. The zero-order valence-electron chi connectivity index (χ0n) is 11.6. The third kappa shape index (κ3) is 5.22. The van der Waals surface area contributed by atoms with Crippen LogP contribution in [0.2, 0.25) is 0 Å². The molecule has 0 saturated heterocycles. The molecule has 0 N–H and O–H groups in total. The van der Waals surface area contributed by atoms with Crippen LogP contribution in [0.15, 0.2) is 24.3 Å². The first kappa shape index (κ1) is 14.0. The van der Waals surface area contributed by atoms with Crippen molar-refractivity contribution in [3.8, 4) is 5.75 Å². The predicted octanol–water partition coefficient (Wildman–Crippen LogP) is 3.53. The van der Waals surface area contributed by atoms with Crippen LogP contribution in [-0.4, -0.2) is 31.6 Å². The van der Waals surface area contributed by atoms with Gasteiger partial charge >= 0.3 is 0 Å². The summed E-state index contributed by atoms with van der Waals surface area (Å²) in [7, 11) is 2.13. The van der Waals surface area contributed by atoms with E-state index in [0.29, 0.717) is 5.92 Å². The SMILES string of the molecule is CCCN(C)CCOc1ccc(C(C)C)cc1. The van der Waals surface area contributed by atoms with E-state index in [-0.39, 0.29) is 0 Å². The van der Waals surface area contributed by atoms with Gasteiger partial charge in [-0.2, -0.15) is 0 Å². The molecule has 0 fully saturated rings. The highest BCUT2D eigenvalue weighted by Gasteiger charge is 2.00. The maximum Gasteiger partial charge on any atom is 0.119 e. The molecule has 17 heavy (non-hydrogen) atoms. The highest BCUT2D eigenvalue weighted by atomic mass is 16.5. The molecule has 0 aliphatic heterocycles. The maximum absolute atomic E-state index is 5.72. The molecule has 2 nitrogen and oxygen atoms in total. The van der Waals surface area contributed by atoms with Gasteiger partial charge in [-0.15, -0.1) is 0 Å². The lowest BCUT2D eigenvalue weighted by Crippen LogP contribution is -2.24. The summed E-state index contributed by atoms with van der Waals surface area (Å²) in [4.78, 5) is 2.29. The Balaban J connectivity index is 2.32. The van der Waals surface area contributed by atoms with Crippen LogP contribution in [0.25, 0.3) is 0 Å². The third-order valence-corrected chi connectivity index (χ3v) is 2.89. The van der Waals surface area contributed by atoms with Gasteiger partial charge in [0.05, 0.1) is 0 Å². The quantitative estimate of drug-likeness (QED) is 0.717. The highest BCUT2D eigenvalue weighted by molar-refractivity contribution is 5.28. The van der Waals surface area contributed by atoms with E-state index in [1.54, 1.807) is 0 Å². The van der Waals surface area contributed by atoms with E-state index in [0.717, 1.165) is 25.4 Å². The van der Waals surface area contributed by atoms with Crippen LogP contribution in [0.3, 0.4) is 0 Å². The van der Waals surface area contributed by atoms with Crippen LogP contribution in [0, 0.1) is 0 Å². The average Bonchev–Trinajstić information content (AvgIpc) is 2.30. The Kier molecular flexibility index (Phi) is 6.06. The van der Waals surface area contributed by atoms with Gasteiger partial charge < -0.3 is 9.64 Å². The zero-order chi connectivity index (χ0) is 12.7. The topological polar surface area (TPSA) is 12.5 Å². The van der Waals surface area contributed by atoms with E-state index in [9.17, 15) is 0 Å². The Hall–Kier alpha value is -1.02. The molecule has 0 spiro atoms. The summed E-state index contributed by atoms with van der Waals surface area (Å²) in [5, 5.41) is 0. The van der Waals surface area contributed by atoms with Crippen LogP contribution in [0.4, 0.5) is 0 Å². The second-order valence-corrected chi connectivity index (χ2v) is 4.88. The fraction of sp³-hybridized carbons (Fsp3) is 0.600. The van der Waals surface area contributed by atoms with Gasteiger partial charge in [0.15, 0.2) is 0 Å². The lowest BCUT2D eigenvalue weighted by molar-refractivity contribution is 0.237. The van der Waals surface area contributed by atoms with Crippen LogP contribution in [0.1, 0.15) is 38.7 Å². The van der Waals surface area contributed by atoms with E-state index in [1.807, 2.05) is 0 Å². The molecule has 0 unspecified atom stereocenters. The van der Waals surface area contributed by atoms with Crippen molar-refractivity contribution in [1.82, 2.24) is 4.90 Å². The normalized spacial score (nSPS) is 11.2. The summed E-state index contributed by atoms with van der Waals surface area (Å²) in [5.41, 5.74) is 1.36. The molecule has 96 valence electrons. The van der Waals surface area contributed by atoms with Gasteiger partial charge in [0, 0.05) is 6.54 Å². The third-order valence-electron chi connectivity index (χ3n) is 2.89. The smallest absolute Gasteiger partial charge is 0.119 e. The minimum atomic E-state index is 0.583. The molecular weight excluding hydrogens is 210 g/mol. The second-order valence-electron chi connectivity index (χ2n) is 4.88. The zero-order valence-corrected chi connectivity index (χ0v) is 11.6. The number of hydrogen-bond donors (Lipinski definition) is 0. The Morgan fingerprint density at radius 1 is 1.12 bits per heavy atom. The first-order chi connectivity index (χ1) is 8.13. The molecule has 0 aliphatic rings. The molecule has 0 bridgehead atoms. The summed E-state index contributed by atoms with van der Waals surface area (Å²) >= 11 is 0. The van der Waals surface area contributed by atoms with Crippen LogP contribution in [0.5, 0.6) is 5.75 Å². The molecule has 2 heteroatoms. The number of hydrogen-bond acceptors (Lipinski definition) is 2. The fourth-order valence-electron chi connectivity index (χ4n) is 1.76. The van der Waals surface area contributed by atoms with Gasteiger partial charge in [-0.05, 0) is 43.6 Å². The van der Waals surface area contributed by atoms with Crippen molar-refractivity contribution in [2.24, 2.45) is 0 Å². The largest absolute Gasteiger partial charge is 0.492 e. The van der Waals surface area contributed by atoms with E-state index in [1.165, 1.54) is 12.0 Å². The highest BCUT2D eigenvalue weighted by Crippen LogP contribution is 2.18. The first-order valence-electron chi connectivity index (χ1n) is 6.54. The van der Waals surface area contributed by atoms with Gasteiger partial charge in [0.2, 0.25) is 0 Å². The molecule has 0 radical (unpaired) electrons. The van der Waals surface area contributed by atoms with Crippen molar-refractivity contribution >= 4 is 0 Å². The van der Waals surface area contributed by atoms with Crippen molar-refractivity contribution in [3.05, 3.63) is 29.8 Å². The standard InChI is InChI=1S/C15H25NO/c1-5-10-16(4)11-12-17-15-8-6-14(7-9-15)13(2)3/h6-9,13H,5,10-12H2,1-4H3. The van der Waals surface area contributed by atoms with E-state index in [4.69, 9.17) is 4.74 Å². The van der Waals surface area contributed by atoms with E-state index in [2.05, 4.69) is 57.0 Å². The predicted molar refractivity (Wildman–Crippen MR) is 73.8 cm³/mol. The number of benzene rings is 1. The summed E-state index contributed by atoms with van der Waals surface area (Å²) < 4.78 is 5.72.